The average Bonchev–Trinajstić information content (AvgIpc) is 2.92. The van der Waals surface area contributed by atoms with E-state index in [4.69, 9.17) is 0 Å². The molecule has 1 fully saturated rings. The number of hydrogen-bond donors (Lipinski definition) is 2. The first-order valence-electron chi connectivity index (χ1n) is 6.83. The normalized spacial score (nSPS) is 20.6. The molecular formula is C15H22N2O. The molecule has 1 aromatic carbocycles. The summed E-state index contributed by atoms with van der Waals surface area (Å²) >= 11 is 0. The fourth-order valence-electron chi connectivity index (χ4n) is 2.42. The molecule has 2 rings (SSSR count). The second kappa shape index (κ2) is 6.55. The van der Waals surface area contributed by atoms with E-state index in [2.05, 4.69) is 10.6 Å². The van der Waals surface area contributed by atoms with Gasteiger partial charge in [-0.1, -0.05) is 30.3 Å². The third-order valence-electron chi connectivity index (χ3n) is 3.65. The second-order valence-corrected chi connectivity index (χ2v) is 5.01. The van der Waals surface area contributed by atoms with Gasteiger partial charge < -0.3 is 10.6 Å². The summed E-state index contributed by atoms with van der Waals surface area (Å²) in [4.78, 5) is 12.0. The van der Waals surface area contributed by atoms with E-state index in [9.17, 15) is 4.79 Å². The van der Waals surface area contributed by atoms with Crippen molar-refractivity contribution >= 4 is 5.91 Å². The third-order valence-corrected chi connectivity index (χ3v) is 3.65. The molecule has 1 saturated heterocycles. The summed E-state index contributed by atoms with van der Waals surface area (Å²) in [6.45, 7) is 3.85. The van der Waals surface area contributed by atoms with Gasteiger partial charge in [0.05, 0.1) is 5.92 Å². The topological polar surface area (TPSA) is 41.1 Å². The zero-order valence-corrected chi connectivity index (χ0v) is 11.0. The molecule has 3 nitrogen and oxygen atoms in total. The Morgan fingerprint density at radius 3 is 2.89 bits per heavy atom. The number of amides is 1. The van der Waals surface area contributed by atoms with Crippen LogP contribution in [0.15, 0.2) is 30.3 Å². The smallest absolute Gasteiger partial charge is 0.227 e. The van der Waals surface area contributed by atoms with E-state index in [1.807, 2.05) is 37.3 Å². The van der Waals surface area contributed by atoms with Crippen molar-refractivity contribution in [2.45, 2.75) is 38.1 Å². The SMILES string of the molecule is CC(C(=O)NCCC1CCCN1)c1ccccc1. The standard InChI is InChI=1S/C15H22N2O/c1-12(13-6-3-2-4-7-13)15(18)17-11-9-14-8-5-10-16-14/h2-4,6-7,12,14,16H,5,8-11H2,1H3,(H,17,18). The number of hydrogen-bond acceptors (Lipinski definition) is 2. The van der Waals surface area contributed by atoms with Crippen molar-refractivity contribution in [2.75, 3.05) is 13.1 Å². The Hall–Kier alpha value is -1.35. The lowest BCUT2D eigenvalue weighted by Gasteiger charge is -2.14. The van der Waals surface area contributed by atoms with Crippen LogP contribution in [0.5, 0.6) is 0 Å². The molecule has 1 amide bonds. The molecule has 0 aliphatic carbocycles. The van der Waals surface area contributed by atoms with Crippen LogP contribution in [-0.4, -0.2) is 25.0 Å². The van der Waals surface area contributed by atoms with Crippen LogP contribution in [-0.2, 0) is 4.79 Å². The molecule has 1 aliphatic heterocycles. The van der Waals surface area contributed by atoms with Crippen molar-refractivity contribution in [3.8, 4) is 0 Å². The summed E-state index contributed by atoms with van der Waals surface area (Å²) in [5.41, 5.74) is 1.08. The molecule has 0 spiro atoms. The largest absolute Gasteiger partial charge is 0.356 e. The van der Waals surface area contributed by atoms with Crippen LogP contribution < -0.4 is 10.6 Å². The van der Waals surface area contributed by atoms with Crippen LogP contribution in [0.4, 0.5) is 0 Å². The van der Waals surface area contributed by atoms with Gasteiger partial charge >= 0.3 is 0 Å². The van der Waals surface area contributed by atoms with Crippen LogP contribution >= 0.6 is 0 Å². The van der Waals surface area contributed by atoms with Crippen molar-refractivity contribution in [3.05, 3.63) is 35.9 Å². The Morgan fingerprint density at radius 1 is 1.44 bits per heavy atom. The predicted molar refractivity (Wildman–Crippen MR) is 73.5 cm³/mol. The maximum absolute atomic E-state index is 12.0. The molecule has 0 aromatic heterocycles. The first-order chi connectivity index (χ1) is 8.77. The minimum atomic E-state index is -0.0669. The highest BCUT2D eigenvalue weighted by molar-refractivity contribution is 5.83. The Kier molecular flexibility index (Phi) is 4.76. The van der Waals surface area contributed by atoms with E-state index in [0.717, 1.165) is 25.1 Å². The van der Waals surface area contributed by atoms with Crippen molar-refractivity contribution in [3.63, 3.8) is 0 Å². The monoisotopic (exact) mass is 246 g/mol. The fraction of sp³-hybridized carbons (Fsp3) is 0.533. The average molecular weight is 246 g/mol. The van der Waals surface area contributed by atoms with Crippen LogP contribution in [0, 0.1) is 0 Å². The number of nitrogens with one attached hydrogen (secondary N) is 2. The van der Waals surface area contributed by atoms with Crippen molar-refractivity contribution in [1.29, 1.82) is 0 Å². The summed E-state index contributed by atoms with van der Waals surface area (Å²) < 4.78 is 0. The molecule has 18 heavy (non-hydrogen) atoms. The van der Waals surface area contributed by atoms with E-state index in [1.54, 1.807) is 0 Å². The maximum atomic E-state index is 12.0. The molecule has 98 valence electrons. The van der Waals surface area contributed by atoms with Gasteiger partial charge in [0.25, 0.3) is 0 Å². The molecular weight excluding hydrogens is 224 g/mol. The van der Waals surface area contributed by atoms with Crippen LogP contribution in [0.2, 0.25) is 0 Å². The van der Waals surface area contributed by atoms with E-state index < -0.39 is 0 Å². The van der Waals surface area contributed by atoms with Crippen molar-refractivity contribution < 1.29 is 4.79 Å². The highest BCUT2D eigenvalue weighted by Crippen LogP contribution is 2.14. The van der Waals surface area contributed by atoms with Gasteiger partial charge in [0.2, 0.25) is 5.91 Å². The summed E-state index contributed by atoms with van der Waals surface area (Å²) in [7, 11) is 0. The maximum Gasteiger partial charge on any atom is 0.227 e. The summed E-state index contributed by atoms with van der Waals surface area (Å²) in [6.07, 6.45) is 3.54. The molecule has 0 bridgehead atoms. The lowest BCUT2D eigenvalue weighted by molar-refractivity contribution is -0.122. The van der Waals surface area contributed by atoms with Gasteiger partial charge in [-0.2, -0.15) is 0 Å². The first kappa shape index (κ1) is 13.1. The first-order valence-corrected chi connectivity index (χ1v) is 6.83. The molecule has 0 saturated carbocycles. The highest BCUT2D eigenvalue weighted by Gasteiger charge is 2.16. The van der Waals surface area contributed by atoms with E-state index >= 15 is 0 Å². The lowest BCUT2D eigenvalue weighted by Crippen LogP contribution is -2.32. The number of carbonyl (C=O) groups is 1. The van der Waals surface area contributed by atoms with Crippen molar-refractivity contribution in [2.24, 2.45) is 0 Å². The van der Waals surface area contributed by atoms with Crippen LogP contribution in [0.3, 0.4) is 0 Å². The zero-order chi connectivity index (χ0) is 12.8. The number of carbonyl (C=O) groups excluding carboxylic acids is 1. The van der Waals surface area contributed by atoms with E-state index in [1.165, 1.54) is 12.8 Å². The van der Waals surface area contributed by atoms with Gasteiger partial charge in [-0.25, -0.2) is 0 Å². The van der Waals surface area contributed by atoms with E-state index in [-0.39, 0.29) is 11.8 Å². The van der Waals surface area contributed by atoms with Gasteiger partial charge in [-0.05, 0) is 38.3 Å². The molecule has 2 N–H and O–H groups in total. The summed E-state index contributed by atoms with van der Waals surface area (Å²) in [5.74, 6) is 0.0573. The second-order valence-electron chi connectivity index (χ2n) is 5.01. The third kappa shape index (κ3) is 3.57. The quantitative estimate of drug-likeness (QED) is 0.835. The Balaban J connectivity index is 1.74. The molecule has 1 aromatic rings. The molecule has 3 heteroatoms. The van der Waals surface area contributed by atoms with Gasteiger partial charge in [-0.3, -0.25) is 4.79 Å². The Bertz CT molecular complexity index is 371. The highest BCUT2D eigenvalue weighted by atomic mass is 16.1. The minimum absolute atomic E-state index is 0.0669. The Labute approximate surface area is 109 Å². The lowest BCUT2D eigenvalue weighted by atomic mass is 10.0. The molecule has 2 atom stereocenters. The molecule has 2 unspecified atom stereocenters. The predicted octanol–water partition coefficient (Wildman–Crippen LogP) is 2.05. The minimum Gasteiger partial charge on any atom is -0.356 e. The van der Waals surface area contributed by atoms with Crippen LogP contribution in [0.25, 0.3) is 0 Å². The number of benzene rings is 1. The molecule has 0 radical (unpaired) electrons. The van der Waals surface area contributed by atoms with Gasteiger partial charge in [0.1, 0.15) is 0 Å². The van der Waals surface area contributed by atoms with Gasteiger partial charge in [0.15, 0.2) is 0 Å². The van der Waals surface area contributed by atoms with Gasteiger partial charge in [-0.15, -0.1) is 0 Å². The van der Waals surface area contributed by atoms with Gasteiger partial charge in [0, 0.05) is 12.6 Å². The van der Waals surface area contributed by atoms with Crippen molar-refractivity contribution in [1.82, 2.24) is 10.6 Å². The molecule has 1 aliphatic rings. The molecule has 1 heterocycles. The summed E-state index contributed by atoms with van der Waals surface area (Å²) in [6, 6.07) is 10.5. The van der Waals surface area contributed by atoms with Crippen LogP contribution in [0.1, 0.15) is 37.7 Å². The number of rotatable bonds is 5. The summed E-state index contributed by atoms with van der Waals surface area (Å²) in [5, 5.41) is 6.47. The van der Waals surface area contributed by atoms with E-state index in [0.29, 0.717) is 6.04 Å². The Morgan fingerprint density at radius 2 is 2.22 bits per heavy atom. The zero-order valence-electron chi connectivity index (χ0n) is 11.0. The fourth-order valence-corrected chi connectivity index (χ4v) is 2.42.